The molecule has 1 aromatic carbocycles. The zero-order chi connectivity index (χ0) is 19.8. The van der Waals surface area contributed by atoms with Crippen LogP contribution >= 0.6 is 11.6 Å². The normalized spacial score (nSPS) is 28.8. The zero-order valence-electron chi connectivity index (χ0n) is 15.8. The van der Waals surface area contributed by atoms with Crippen LogP contribution in [0, 0.1) is 17.3 Å². The van der Waals surface area contributed by atoms with Crippen molar-refractivity contribution >= 4 is 27.5 Å². The Morgan fingerprint density at radius 2 is 2.19 bits per heavy atom. The minimum absolute atomic E-state index is 0.0373. The first-order valence-corrected chi connectivity index (χ1v) is 11.5. The quantitative estimate of drug-likeness (QED) is 0.451. The average Bonchev–Trinajstić information content (AvgIpc) is 2.53. The van der Waals surface area contributed by atoms with Gasteiger partial charge in [-0.3, -0.25) is 0 Å². The van der Waals surface area contributed by atoms with Gasteiger partial charge in [-0.25, -0.2) is 8.42 Å². The van der Waals surface area contributed by atoms with Gasteiger partial charge in [-0.15, -0.1) is 4.40 Å². The molecule has 2 aliphatic rings. The minimum atomic E-state index is -3.65. The molecule has 27 heavy (non-hydrogen) atoms. The van der Waals surface area contributed by atoms with Gasteiger partial charge >= 0.3 is 0 Å². The highest BCUT2D eigenvalue weighted by atomic mass is 35.5. The van der Waals surface area contributed by atoms with E-state index in [0.717, 1.165) is 12.2 Å². The lowest BCUT2D eigenvalue weighted by Gasteiger charge is -2.47. The van der Waals surface area contributed by atoms with Crippen LogP contribution in [-0.4, -0.2) is 32.2 Å². The fraction of sp³-hybridized carbons (Fsp3) is 0.632. The van der Waals surface area contributed by atoms with Crippen molar-refractivity contribution in [2.24, 2.45) is 27.4 Å². The van der Waals surface area contributed by atoms with E-state index in [9.17, 15) is 8.42 Å². The van der Waals surface area contributed by atoms with Gasteiger partial charge in [0, 0.05) is 5.41 Å². The standard InChI is InChI=1S/C19H27ClN2O4S/c1-12-6-13-4-3-5-19(9-12,10-13)11-26-17-8-16(23)14(7-15(17)20)18(21)22-27(2,24)25/h7-8,12-13,23H,3-6,9-11H2,1-2H3,(H2,21,22)/p+1. The van der Waals surface area contributed by atoms with Crippen LogP contribution in [0.1, 0.15) is 51.0 Å². The number of amidine groups is 1. The number of nitrogens with two attached hydrogens (primary N) is 1. The first-order valence-electron chi connectivity index (χ1n) is 9.31. The third-order valence-corrected chi connectivity index (χ3v) is 6.53. The van der Waals surface area contributed by atoms with Crippen molar-refractivity contribution in [3.63, 3.8) is 0 Å². The van der Waals surface area contributed by atoms with Crippen LogP contribution in [0.15, 0.2) is 16.5 Å². The van der Waals surface area contributed by atoms with Gasteiger partial charge in [-0.05, 0) is 43.6 Å². The zero-order valence-corrected chi connectivity index (χ0v) is 17.4. The van der Waals surface area contributed by atoms with Crippen LogP contribution in [0.25, 0.3) is 0 Å². The van der Waals surface area contributed by atoms with Crippen LogP contribution in [0.2, 0.25) is 5.02 Å². The first-order chi connectivity index (χ1) is 12.6. The van der Waals surface area contributed by atoms with Crippen molar-refractivity contribution in [1.82, 2.24) is 0 Å². The van der Waals surface area contributed by atoms with E-state index in [-0.39, 0.29) is 22.6 Å². The Labute approximate surface area is 165 Å². The number of hydrogen-bond donors (Lipinski definition) is 1. The minimum Gasteiger partial charge on any atom is -0.593 e. The molecule has 0 spiro atoms. The van der Waals surface area contributed by atoms with Gasteiger partial charge in [0.2, 0.25) is 0 Å². The molecule has 150 valence electrons. The molecular formula is C19H28ClN2O4S+. The number of nitrogens with zero attached hydrogens (tertiary/aromatic N) is 1. The van der Waals surface area contributed by atoms with E-state index >= 15 is 0 Å². The Kier molecular flexibility index (Phi) is 5.64. The molecule has 3 unspecified atom stereocenters. The maximum atomic E-state index is 11.3. The molecule has 0 aliphatic heterocycles. The predicted octanol–water partition coefficient (Wildman–Crippen LogP) is 3.43. The van der Waals surface area contributed by atoms with E-state index < -0.39 is 10.0 Å². The molecule has 2 saturated carbocycles. The molecule has 6 nitrogen and oxygen atoms in total. The molecule has 8 heteroatoms. The predicted molar refractivity (Wildman–Crippen MR) is 108 cm³/mol. The van der Waals surface area contributed by atoms with Crippen LogP contribution in [0.3, 0.4) is 0 Å². The summed E-state index contributed by atoms with van der Waals surface area (Å²) < 4.78 is 32.1. The number of hydrogen-bond acceptors (Lipinski definition) is 3. The Hall–Kier alpha value is -1.47. The third kappa shape index (κ3) is 4.88. The Bertz CT molecular complexity index is 852. The number of rotatable bonds is 5. The molecule has 0 amide bonds. The van der Waals surface area contributed by atoms with E-state index in [1.807, 2.05) is 0 Å². The highest BCUT2D eigenvalue weighted by Gasteiger charge is 2.42. The molecular weight excluding hydrogens is 388 g/mol. The van der Waals surface area contributed by atoms with Crippen molar-refractivity contribution in [1.29, 1.82) is 0 Å². The lowest BCUT2D eigenvalue weighted by molar-refractivity contribution is 0.00486. The van der Waals surface area contributed by atoms with Gasteiger partial charge < -0.3 is 15.6 Å². The van der Waals surface area contributed by atoms with E-state index in [0.29, 0.717) is 23.3 Å². The van der Waals surface area contributed by atoms with Crippen molar-refractivity contribution in [2.45, 2.75) is 45.4 Å². The van der Waals surface area contributed by atoms with Gasteiger partial charge in [-0.2, -0.15) is 0 Å². The van der Waals surface area contributed by atoms with Gasteiger partial charge in [0.15, 0.2) is 5.84 Å². The number of fused-ring (bicyclic) bond motifs is 2. The lowest BCUT2D eigenvalue weighted by atomic mass is 9.59. The third-order valence-electron chi connectivity index (χ3n) is 5.70. The van der Waals surface area contributed by atoms with Crippen LogP contribution in [0.4, 0.5) is 0 Å². The molecule has 0 heterocycles. The summed E-state index contributed by atoms with van der Waals surface area (Å²) in [5, 5.41) is 8.45. The van der Waals surface area contributed by atoms with E-state index in [1.165, 1.54) is 50.7 Å². The SMILES string of the molecule is CC1CC2CCCC(COc3cc([OH2+])c(C(N)=NS(C)(=O)=O)cc3Cl)(C1)C2. The number of sulfonamides is 1. The molecule has 4 N–H and O–H groups in total. The maximum absolute atomic E-state index is 11.3. The number of halogens is 1. The molecule has 3 atom stereocenters. The molecule has 0 aromatic heterocycles. The van der Waals surface area contributed by atoms with Crippen LogP contribution < -0.4 is 10.5 Å². The van der Waals surface area contributed by atoms with Gasteiger partial charge in [0.05, 0.1) is 24.0 Å². The molecule has 2 fully saturated rings. The van der Waals surface area contributed by atoms with E-state index in [1.54, 1.807) is 0 Å². The summed E-state index contributed by atoms with van der Waals surface area (Å²) in [5.74, 6) is 1.74. The summed E-state index contributed by atoms with van der Waals surface area (Å²) in [6, 6.07) is 2.94. The summed E-state index contributed by atoms with van der Waals surface area (Å²) in [4.78, 5) is 0. The molecule has 2 aliphatic carbocycles. The van der Waals surface area contributed by atoms with Crippen LogP contribution in [0.5, 0.6) is 11.5 Å². The lowest BCUT2D eigenvalue weighted by Crippen LogP contribution is -2.40. The maximum Gasteiger partial charge on any atom is 0.268 e. The highest BCUT2D eigenvalue weighted by Crippen LogP contribution is 2.51. The molecule has 1 aromatic rings. The summed E-state index contributed by atoms with van der Waals surface area (Å²) in [6.45, 7) is 2.92. The fourth-order valence-electron chi connectivity index (χ4n) is 4.88. The second-order valence-electron chi connectivity index (χ2n) is 8.33. The van der Waals surface area contributed by atoms with Crippen molar-refractivity contribution in [3.05, 3.63) is 22.7 Å². The summed E-state index contributed by atoms with van der Waals surface area (Å²) in [5.41, 5.74) is 6.10. The van der Waals surface area contributed by atoms with E-state index in [2.05, 4.69) is 11.3 Å². The molecule has 3 rings (SSSR count). The second kappa shape index (κ2) is 7.51. The first kappa shape index (κ1) is 20.3. The molecule has 0 radical (unpaired) electrons. The van der Waals surface area contributed by atoms with Crippen molar-refractivity contribution < 1.29 is 18.3 Å². The molecule has 0 saturated heterocycles. The molecule has 2 bridgehead atoms. The van der Waals surface area contributed by atoms with Crippen LogP contribution in [-0.2, 0) is 10.0 Å². The van der Waals surface area contributed by atoms with Gasteiger partial charge in [0.1, 0.15) is 11.3 Å². The Balaban J connectivity index is 1.78. The Morgan fingerprint density at radius 3 is 2.89 bits per heavy atom. The smallest absolute Gasteiger partial charge is 0.268 e. The summed E-state index contributed by atoms with van der Waals surface area (Å²) in [6.07, 6.45) is 8.37. The average molecular weight is 416 g/mol. The topological polar surface area (TPSA) is 105 Å². The van der Waals surface area contributed by atoms with Gasteiger partial charge in [-0.1, -0.05) is 31.4 Å². The summed E-state index contributed by atoms with van der Waals surface area (Å²) >= 11 is 6.33. The van der Waals surface area contributed by atoms with Crippen molar-refractivity contribution in [2.75, 3.05) is 12.9 Å². The summed E-state index contributed by atoms with van der Waals surface area (Å²) in [7, 11) is -3.65. The largest absolute Gasteiger partial charge is 0.593 e. The fourth-order valence-corrected chi connectivity index (χ4v) is 5.56. The second-order valence-corrected chi connectivity index (χ2v) is 10.4. The van der Waals surface area contributed by atoms with Gasteiger partial charge in [0.25, 0.3) is 15.8 Å². The highest BCUT2D eigenvalue weighted by molar-refractivity contribution is 7.89. The number of ether oxygens (including phenoxy) is 1. The monoisotopic (exact) mass is 415 g/mol. The van der Waals surface area contributed by atoms with Crippen molar-refractivity contribution in [3.8, 4) is 11.5 Å². The number of benzene rings is 1. The Morgan fingerprint density at radius 1 is 1.44 bits per heavy atom. The van der Waals surface area contributed by atoms with E-state index in [4.69, 9.17) is 27.2 Å².